The van der Waals surface area contributed by atoms with E-state index in [0.29, 0.717) is 23.1 Å². The Labute approximate surface area is 202 Å². The number of carboxylic acids is 1. The second kappa shape index (κ2) is 9.48. The van der Waals surface area contributed by atoms with Gasteiger partial charge in [0, 0.05) is 10.4 Å². The highest BCUT2D eigenvalue weighted by Gasteiger charge is 2.32. The molecule has 1 aliphatic heterocycles. The second-order valence-electron chi connectivity index (χ2n) is 8.64. The molecule has 33 heavy (non-hydrogen) atoms. The molecule has 6 heteroatoms. The molecule has 0 saturated heterocycles. The molecule has 2 N–H and O–H groups in total. The Balaban J connectivity index is 1.84. The van der Waals surface area contributed by atoms with Crippen LogP contribution in [0, 0.1) is 0 Å². The zero-order valence-electron chi connectivity index (χ0n) is 19.2. The molecule has 3 aromatic carbocycles. The Morgan fingerprint density at radius 3 is 2.27 bits per heavy atom. The van der Waals surface area contributed by atoms with E-state index < -0.39 is 5.97 Å². The van der Waals surface area contributed by atoms with E-state index >= 15 is 0 Å². The van der Waals surface area contributed by atoms with Gasteiger partial charge in [0.1, 0.15) is 0 Å². The predicted octanol–water partition coefficient (Wildman–Crippen LogP) is 6.98. The summed E-state index contributed by atoms with van der Waals surface area (Å²) in [5.74, 6) is 0.793. The van der Waals surface area contributed by atoms with Gasteiger partial charge in [-0.3, -0.25) is 0 Å². The number of fused-ring (bicyclic) bond motifs is 1. The number of hydrogen-bond donors (Lipinski definition) is 2. The fourth-order valence-corrected chi connectivity index (χ4v) is 5.02. The first kappa shape index (κ1) is 23.2. The van der Waals surface area contributed by atoms with Gasteiger partial charge in [-0.05, 0) is 58.9 Å². The fraction of sp³-hybridized carbons (Fsp3) is 0.296. The number of rotatable bonds is 6. The number of nitrogens with one attached hydrogen (secondary N) is 1. The summed E-state index contributed by atoms with van der Waals surface area (Å²) >= 11 is 3.51. The molecule has 2 atom stereocenters. The Bertz CT molecular complexity index is 1170. The lowest BCUT2D eigenvalue weighted by Crippen LogP contribution is -2.24. The van der Waals surface area contributed by atoms with E-state index in [4.69, 9.17) is 9.47 Å². The molecule has 0 fully saturated rings. The van der Waals surface area contributed by atoms with Crippen LogP contribution in [0.25, 0.3) is 0 Å². The number of carboxylic acid groups (broad SMARTS) is 1. The van der Waals surface area contributed by atoms with E-state index in [-0.39, 0.29) is 17.5 Å². The van der Waals surface area contributed by atoms with Crippen molar-refractivity contribution in [3.63, 3.8) is 0 Å². The normalized spacial score (nSPS) is 17.3. The Morgan fingerprint density at radius 1 is 1.00 bits per heavy atom. The third-order valence-electron chi connectivity index (χ3n) is 6.34. The zero-order chi connectivity index (χ0) is 23.7. The zero-order valence-corrected chi connectivity index (χ0v) is 20.8. The second-order valence-corrected chi connectivity index (χ2v) is 9.56. The standard InChI is InChI=1S/C27H28BrNO4/c1-15(2)16-5-7-17(8-6-16)23-14-20(18-9-10-24(32-3)25(11-18)33-4)21-12-19(28)13-22(27(30)31)26(21)29-23/h5-13,15,20,23,29H,14H2,1-4H3,(H,30,31)/t20-,23-/m1/s1. The Kier molecular flexibility index (Phi) is 6.66. The number of halogens is 1. The van der Waals surface area contributed by atoms with Crippen molar-refractivity contribution in [1.29, 1.82) is 0 Å². The van der Waals surface area contributed by atoms with Gasteiger partial charge in [0.05, 0.1) is 31.5 Å². The first-order valence-electron chi connectivity index (χ1n) is 11.0. The number of methoxy groups -OCH3 is 2. The first-order valence-corrected chi connectivity index (χ1v) is 11.8. The quantitative estimate of drug-likeness (QED) is 0.375. The molecule has 172 valence electrons. The van der Waals surface area contributed by atoms with Crippen LogP contribution in [0.4, 0.5) is 5.69 Å². The number of carbonyl (C=O) groups is 1. The molecule has 0 spiro atoms. The van der Waals surface area contributed by atoms with Gasteiger partial charge >= 0.3 is 5.97 Å². The molecule has 3 aromatic rings. The Hall–Kier alpha value is -2.99. The maximum Gasteiger partial charge on any atom is 0.337 e. The molecule has 5 nitrogen and oxygen atoms in total. The lowest BCUT2D eigenvalue weighted by molar-refractivity contribution is 0.0697. The van der Waals surface area contributed by atoms with Crippen molar-refractivity contribution in [1.82, 2.24) is 0 Å². The van der Waals surface area contributed by atoms with Crippen LogP contribution in [0.5, 0.6) is 11.5 Å². The molecule has 1 aliphatic rings. The predicted molar refractivity (Wildman–Crippen MR) is 134 cm³/mol. The fourth-order valence-electron chi connectivity index (χ4n) is 4.55. The monoisotopic (exact) mass is 509 g/mol. The van der Waals surface area contributed by atoms with E-state index in [1.54, 1.807) is 20.3 Å². The van der Waals surface area contributed by atoms with Gasteiger partial charge in [-0.2, -0.15) is 0 Å². The van der Waals surface area contributed by atoms with Gasteiger partial charge in [-0.25, -0.2) is 4.79 Å². The summed E-state index contributed by atoms with van der Waals surface area (Å²) < 4.78 is 11.7. The van der Waals surface area contributed by atoms with Crippen molar-refractivity contribution in [3.8, 4) is 11.5 Å². The maximum atomic E-state index is 12.1. The van der Waals surface area contributed by atoms with Gasteiger partial charge < -0.3 is 19.9 Å². The van der Waals surface area contributed by atoms with Crippen LogP contribution in [0.2, 0.25) is 0 Å². The summed E-state index contributed by atoms with van der Waals surface area (Å²) in [5.41, 5.74) is 5.33. The molecule has 0 saturated carbocycles. The van der Waals surface area contributed by atoms with Crippen LogP contribution in [-0.4, -0.2) is 25.3 Å². The lowest BCUT2D eigenvalue weighted by atomic mass is 9.79. The topological polar surface area (TPSA) is 67.8 Å². The van der Waals surface area contributed by atoms with Crippen molar-refractivity contribution in [3.05, 3.63) is 86.9 Å². The minimum atomic E-state index is -0.957. The highest BCUT2D eigenvalue weighted by molar-refractivity contribution is 9.10. The van der Waals surface area contributed by atoms with Crippen molar-refractivity contribution in [2.75, 3.05) is 19.5 Å². The minimum absolute atomic E-state index is 0.0218. The third-order valence-corrected chi connectivity index (χ3v) is 6.80. The van der Waals surface area contributed by atoms with Crippen molar-refractivity contribution in [2.45, 2.75) is 38.1 Å². The summed E-state index contributed by atoms with van der Waals surface area (Å²) in [7, 11) is 3.24. The van der Waals surface area contributed by atoms with Crippen LogP contribution in [-0.2, 0) is 0 Å². The molecule has 4 rings (SSSR count). The molecule has 0 aromatic heterocycles. The average Bonchev–Trinajstić information content (AvgIpc) is 2.82. The van der Waals surface area contributed by atoms with Crippen LogP contribution in [0.1, 0.15) is 70.8 Å². The van der Waals surface area contributed by atoms with Crippen molar-refractivity contribution in [2.24, 2.45) is 0 Å². The van der Waals surface area contributed by atoms with Crippen LogP contribution in [0.15, 0.2) is 59.1 Å². The van der Waals surface area contributed by atoms with E-state index in [2.05, 4.69) is 59.4 Å². The van der Waals surface area contributed by atoms with E-state index in [0.717, 1.165) is 27.6 Å². The van der Waals surface area contributed by atoms with Gasteiger partial charge in [-0.1, -0.05) is 60.1 Å². The SMILES string of the molecule is COc1ccc([C@H]2C[C@H](c3ccc(C(C)C)cc3)Nc3c(C(=O)O)cc(Br)cc32)cc1OC. The van der Waals surface area contributed by atoms with E-state index in [1.165, 1.54) is 5.56 Å². The van der Waals surface area contributed by atoms with Crippen molar-refractivity contribution >= 4 is 27.6 Å². The highest BCUT2D eigenvalue weighted by atomic mass is 79.9. The van der Waals surface area contributed by atoms with Crippen LogP contribution < -0.4 is 14.8 Å². The molecule has 0 amide bonds. The van der Waals surface area contributed by atoms with Crippen LogP contribution >= 0.6 is 15.9 Å². The molecule has 0 bridgehead atoms. The smallest absolute Gasteiger partial charge is 0.337 e. The summed E-state index contributed by atoms with van der Waals surface area (Å²) in [6.07, 6.45) is 0.777. The Morgan fingerprint density at radius 2 is 1.67 bits per heavy atom. The molecule has 0 unspecified atom stereocenters. The number of hydrogen-bond acceptors (Lipinski definition) is 4. The van der Waals surface area contributed by atoms with E-state index in [9.17, 15) is 9.90 Å². The maximum absolute atomic E-state index is 12.1. The van der Waals surface area contributed by atoms with Gasteiger partial charge in [0.2, 0.25) is 0 Å². The van der Waals surface area contributed by atoms with E-state index in [1.807, 2.05) is 24.3 Å². The average molecular weight is 510 g/mol. The summed E-state index contributed by atoms with van der Waals surface area (Å²) in [4.78, 5) is 12.1. The summed E-state index contributed by atoms with van der Waals surface area (Å²) in [6.45, 7) is 4.35. The van der Waals surface area contributed by atoms with Gasteiger partial charge in [0.15, 0.2) is 11.5 Å². The first-order chi connectivity index (χ1) is 15.8. The summed E-state index contributed by atoms with van der Waals surface area (Å²) in [6, 6.07) is 18.1. The summed E-state index contributed by atoms with van der Waals surface area (Å²) in [5, 5.41) is 13.5. The lowest BCUT2D eigenvalue weighted by Gasteiger charge is -2.35. The highest BCUT2D eigenvalue weighted by Crippen LogP contribution is 2.47. The number of ether oxygens (including phenoxy) is 2. The number of benzene rings is 3. The number of aromatic carboxylic acids is 1. The molecule has 0 aliphatic carbocycles. The molecular formula is C27H28BrNO4. The van der Waals surface area contributed by atoms with Crippen molar-refractivity contribution < 1.29 is 19.4 Å². The third kappa shape index (κ3) is 4.58. The van der Waals surface area contributed by atoms with Gasteiger partial charge in [0.25, 0.3) is 0 Å². The molecular weight excluding hydrogens is 482 g/mol. The number of anilines is 1. The van der Waals surface area contributed by atoms with Gasteiger partial charge in [-0.15, -0.1) is 0 Å². The minimum Gasteiger partial charge on any atom is -0.493 e. The van der Waals surface area contributed by atoms with Crippen LogP contribution in [0.3, 0.4) is 0 Å². The molecule has 1 heterocycles. The molecule has 0 radical (unpaired) electrons. The largest absolute Gasteiger partial charge is 0.493 e.